The Hall–Kier alpha value is 0.365. The van der Waals surface area contributed by atoms with Crippen LogP contribution in [0.3, 0.4) is 0 Å². The van der Waals surface area contributed by atoms with Crippen LogP contribution >= 0.6 is 14.9 Å². The Balaban J connectivity index is 4.56. The van der Waals surface area contributed by atoms with Gasteiger partial charge in [-0.1, -0.05) is 6.82 Å². The smallest absolute Gasteiger partial charge is 0.332 e. The van der Waals surface area contributed by atoms with Gasteiger partial charge in [-0.25, -0.2) is 0 Å². The zero-order valence-electron chi connectivity index (χ0n) is 5.08. The molecule has 0 aliphatic rings. The van der Waals surface area contributed by atoms with Gasteiger partial charge in [0.15, 0.2) is 0 Å². The molecule has 9 heteroatoms. The average molecular weight is 188 g/mol. The number of rotatable bonds is 2. The Morgan fingerprint density at radius 1 is 1.00 bits per heavy atom. The molecule has 10 heavy (non-hydrogen) atoms. The first kappa shape index (κ1) is 10.4. The SMILES string of the molecule is CB(P(=O)(O)O)P(=O)(O)O. The van der Waals surface area contributed by atoms with Crippen molar-refractivity contribution in [3.63, 3.8) is 0 Å². The van der Waals surface area contributed by atoms with Crippen molar-refractivity contribution < 1.29 is 28.7 Å². The first-order valence-corrected chi connectivity index (χ1v) is 5.62. The third kappa shape index (κ3) is 2.97. The van der Waals surface area contributed by atoms with Crippen molar-refractivity contribution in [2.24, 2.45) is 0 Å². The van der Waals surface area contributed by atoms with Crippen LogP contribution in [0.2, 0.25) is 6.82 Å². The van der Waals surface area contributed by atoms with Crippen molar-refractivity contribution >= 4 is 21.1 Å². The van der Waals surface area contributed by atoms with Gasteiger partial charge in [0, 0.05) is 0 Å². The van der Waals surface area contributed by atoms with Crippen LogP contribution in [0.15, 0.2) is 0 Å². The summed E-state index contributed by atoms with van der Waals surface area (Å²) in [6.45, 7) is 0.807. The maximum atomic E-state index is 10.2. The van der Waals surface area contributed by atoms with Gasteiger partial charge >= 0.3 is 6.15 Å². The normalized spacial score (nSPS) is 13.3. The average Bonchev–Trinajstić information content (AvgIpc) is 1.59. The van der Waals surface area contributed by atoms with Crippen molar-refractivity contribution in [3.8, 4) is 0 Å². The third-order valence-corrected chi connectivity index (χ3v) is 4.73. The van der Waals surface area contributed by atoms with E-state index in [1.807, 2.05) is 0 Å². The molecule has 0 saturated carbocycles. The largest absolute Gasteiger partial charge is 0.423 e. The van der Waals surface area contributed by atoms with Crippen molar-refractivity contribution in [2.75, 3.05) is 0 Å². The zero-order chi connectivity index (χ0) is 8.58. The van der Waals surface area contributed by atoms with E-state index >= 15 is 0 Å². The van der Waals surface area contributed by atoms with Crippen LogP contribution in [0.4, 0.5) is 0 Å². The quantitative estimate of drug-likeness (QED) is 0.341. The van der Waals surface area contributed by atoms with E-state index in [1.165, 1.54) is 0 Å². The summed E-state index contributed by atoms with van der Waals surface area (Å²) >= 11 is 0. The molecule has 4 N–H and O–H groups in total. The Labute approximate surface area is 57.6 Å². The standard InChI is InChI=1S/CH7BO6P2/c1-2(9(3,4)5)10(6,7)8/h1H3,(H2,3,4,5)(H2,6,7,8). The van der Waals surface area contributed by atoms with Gasteiger partial charge in [0.25, 0.3) is 14.9 Å². The molecule has 0 atom stereocenters. The molecule has 0 aromatic heterocycles. The summed E-state index contributed by atoms with van der Waals surface area (Å²) in [5, 5.41) is 0. The lowest BCUT2D eigenvalue weighted by molar-refractivity contribution is 0.384. The summed E-state index contributed by atoms with van der Waals surface area (Å²) in [6, 6.07) is 0. The van der Waals surface area contributed by atoms with Crippen molar-refractivity contribution in [2.45, 2.75) is 6.82 Å². The van der Waals surface area contributed by atoms with Gasteiger partial charge in [0.05, 0.1) is 0 Å². The molecular formula is CH7BO6P2. The van der Waals surface area contributed by atoms with E-state index < -0.39 is 21.1 Å². The van der Waals surface area contributed by atoms with E-state index in [0.29, 0.717) is 0 Å². The van der Waals surface area contributed by atoms with Gasteiger partial charge in [-0.15, -0.1) is 0 Å². The van der Waals surface area contributed by atoms with Crippen LogP contribution in [-0.2, 0) is 9.13 Å². The Morgan fingerprint density at radius 3 is 1.20 bits per heavy atom. The number of hydrogen-bond donors (Lipinski definition) is 4. The first-order chi connectivity index (χ1) is 4.15. The van der Waals surface area contributed by atoms with Crippen LogP contribution in [0, 0.1) is 0 Å². The third-order valence-electron chi connectivity index (χ3n) is 0.974. The molecule has 60 valence electrons. The fourth-order valence-electron chi connectivity index (χ4n) is 0.196. The molecule has 0 fully saturated rings. The van der Waals surface area contributed by atoms with Crippen molar-refractivity contribution in [1.82, 2.24) is 0 Å². The van der Waals surface area contributed by atoms with E-state index in [4.69, 9.17) is 19.6 Å². The maximum absolute atomic E-state index is 10.2. The fraction of sp³-hybridized carbons (Fsp3) is 1.00. The molecule has 0 saturated heterocycles. The second-order valence-corrected chi connectivity index (χ2v) is 6.12. The predicted molar refractivity (Wildman–Crippen MR) is 35.7 cm³/mol. The van der Waals surface area contributed by atoms with Crippen LogP contribution in [0.25, 0.3) is 0 Å². The molecule has 0 amide bonds. The van der Waals surface area contributed by atoms with E-state index in [0.717, 1.165) is 6.82 Å². The van der Waals surface area contributed by atoms with Gasteiger partial charge in [0.2, 0.25) is 0 Å². The van der Waals surface area contributed by atoms with Gasteiger partial charge in [-0.3, -0.25) is 9.13 Å². The minimum absolute atomic E-state index is 0.807. The monoisotopic (exact) mass is 188 g/mol. The molecule has 0 aliphatic carbocycles. The van der Waals surface area contributed by atoms with E-state index in [9.17, 15) is 9.13 Å². The molecule has 0 radical (unpaired) electrons. The highest BCUT2D eigenvalue weighted by Crippen LogP contribution is 2.56. The van der Waals surface area contributed by atoms with E-state index in [2.05, 4.69) is 0 Å². The lowest BCUT2D eigenvalue weighted by Gasteiger charge is -2.10. The van der Waals surface area contributed by atoms with Crippen LogP contribution in [0.5, 0.6) is 0 Å². The number of hydrogen-bond acceptors (Lipinski definition) is 2. The van der Waals surface area contributed by atoms with Crippen LogP contribution < -0.4 is 0 Å². The molecule has 0 unspecified atom stereocenters. The highest BCUT2D eigenvalue weighted by molar-refractivity contribution is 8.16. The van der Waals surface area contributed by atoms with Crippen LogP contribution in [0.1, 0.15) is 0 Å². The van der Waals surface area contributed by atoms with Crippen molar-refractivity contribution in [1.29, 1.82) is 0 Å². The summed E-state index contributed by atoms with van der Waals surface area (Å²) in [7, 11) is -9.28. The van der Waals surface area contributed by atoms with Gasteiger partial charge < -0.3 is 19.6 Å². The van der Waals surface area contributed by atoms with Crippen LogP contribution in [-0.4, -0.2) is 25.7 Å². The summed E-state index contributed by atoms with van der Waals surface area (Å²) < 4.78 is 20.4. The minimum atomic E-state index is -4.64. The van der Waals surface area contributed by atoms with E-state index in [-0.39, 0.29) is 0 Å². The lowest BCUT2D eigenvalue weighted by Crippen LogP contribution is -2.08. The second-order valence-electron chi connectivity index (χ2n) is 1.81. The van der Waals surface area contributed by atoms with E-state index in [1.54, 1.807) is 0 Å². The predicted octanol–water partition coefficient (Wildman–Crippen LogP) is -0.540. The Bertz CT molecular complexity index is 178. The lowest BCUT2D eigenvalue weighted by atomic mass is 10.2. The van der Waals surface area contributed by atoms with Crippen molar-refractivity contribution in [3.05, 3.63) is 0 Å². The molecule has 6 nitrogen and oxygen atoms in total. The molecule has 0 bridgehead atoms. The summed E-state index contributed by atoms with van der Waals surface area (Å²) in [6.07, 6.45) is -1.90. The topological polar surface area (TPSA) is 115 Å². The molecule has 0 heterocycles. The molecule has 0 aromatic carbocycles. The minimum Gasteiger partial charge on any atom is -0.332 e. The Kier molecular flexibility index (Phi) is 2.88. The zero-order valence-corrected chi connectivity index (χ0v) is 6.87. The maximum Gasteiger partial charge on any atom is 0.423 e. The molecule has 0 spiro atoms. The molecule has 0 aliphatic heterocycles. The highest BCUT2D eigenvalue weighted by Gasteiger charge is 2.44. The Morgan fingerprint density at radius 2 is 1.20 bits per heavy atom. The molecule has 0 rings (SSSR count). The summed E-state index contributed by atoms with van der Waals surface area (Å²) in [5.41, 5.74) is 0. The first-order valence-electron chi connectivity index (χ1n) is 2.26. The van der Waals surface area contributed by atoms with Gasteiger partial charge in [-0.05, 0) is 0 Å². The fourth-order valence-corrected chi connectivity index (χ4v) is 1.76. The van der Waals surface area contributed by atoms with Gasteiger partial charge in [0.1, 0.15) is 0 Å². The van der Waals surface area contributed by atoms with Gasteiger partial charge in [-0.2, -0.15) is 0 Å². The second kappa shape index (κ2) is 2.78. The summed E-state index contributed by atoms with van der Waals surface area (Å²) in [4.78, 5) is 33.0. The highest BCUT2D eigenvalue weighted by atomic mass is 31.2. The molecule has 0 aromatic rings. The summed E-state index contributed by atoms with van der Waals surface area (Å²) in [5.74, 6) is 0. The molecular weight excluding hydrogens is 181 g/mol.